The van der Waals surface area contributed by atoms with Crippen molar-refractivity contribution in [2.45, 2.75) is 18.6 Å². The fraction of sp³-hybridized carbons (Fsp3) is 0.200. The number of anilines is 1. The molecule has 0 unspecified atom stereocenters. The molecule has 2 aromatic carbocycles. The van der Waals surface area contributed by atoms with Crippen molar-refractivity contribution in [2.24, 2.45) is 0 Å². The number of hydrogen-bond donors (Lipinski definition) is 1. The highest BCUT2D eigenvalue weighted by molar-refractivity contribution is 8.00. The predicted molar refractivity (Wildman–Crippen MR) is 102 cm³/mol. The highest BCUT2D eigenvalue weighted by Gasteiger charge is 2.27. The number of carbonyl (C=O) groups is 1. The molecular formula is C20H18FN3OS. The average Bonchev–Trinajstić information content (AvgIpc) is 3.02. The van der Waals surface area contributed by atoms with Gasteiger partial charge in [-0.3, -0.25) is 4.79 Å². The zero-order valence-electron chi connectivity index (χ0n) is 14.3. The highest BCUT2D eigenvalue weighted by Crippen LogP contribution is 2.37. The van der Waals surface area contributed by atoms with Crippen LogP contribution < -0.4 is 5.32 Å². The maximum Gasteiger partial charge on any atom is 0.242 e. The first-order valence-electron chi connectivity index (χ1n) is 8.45. The molecule has 132 valence electrons. The summed E-state index contributed by atoms with van der Waals surface area (Å²) in [5.41, 5.74) is 3.95. The summed E-state index contributed by atoms with van der Waals surface area (Å²) in [6.07, 6.45) is 2.55. The second-order valence-electron chi connectivity index (χ2n) is 6.20. The number of amides is 1. The van der Waals surface area contributed by atoms with Gasteiger partial charge in [0.25, 0.3) is 0 Å². The van der Waals surface area contributed by atoms with Gasteiger partial charge in [0.15, 0.2) is 0 Å². The molecule has 0 saturated carbocycles. The number of fused-ring (bicyclic) bond motifs is 1. The molecule has 4 nitrogen and oxygen atoms in total. The van der Waals surface area contributed by atoms with Crippen LogP contribution in [0.5, 0.6) is 0 Å². The molecule has 0 aliphatic carbocycles. The number of hydrogen-bond acceptors (Lipinski definition) is 3. The second kappa shape index (κ2) is 6.96. The summed E-state index contributed by atoms with van der Waals surface area (Å²) in [4.78, 5) is 12.9. The predicted octanol–water partition coefficient (Wildman–Crippen LogP) is 4.29. The van der Waals surface area contributed by atoms with Gasteiger partial charge in [-0.05, 0) is 42.4 Å². The molecule has 1 amide bonds. The lowest BCUT2D eigenvalue weighted by atomic mass is 10.0. The number of para-hydroxylation sites is 1. The van der Waals surface area contributed by atoms with E-state index in [-0.39, 0.29) is 17.0 Å². The van der Waals surface area contributed by atoms with E-state index in [2.05, 4.69) is 16.5 Å². The van der Waals surface area contributed by atoms with E-state index in [1.165, 1.54) is 16.3 Å². The van der Waals surface area contributed by atoms with Gasteiger partial charge >= 0.3 is 0 Å². The topological polar surface area (TPSA) is 46.9 Å². The van der Waals surface area contributed by atoms with Crippen molar-refractivity contribution in [3.63, 3.8) is 0 Å². The van der Waals surface area contributed by atoms with Gasteiger partial charge in [0.2, 0.25) is 5.91 Å². The number of halogens is 1. The molecule has 0 spiro atoms. The Morgan fingerprint density at radius 1 is 1.23 bits per heavy atom. The standard InChI is InChI=1S/C20H18FN3OS/c1-13-17(12-22-24(13)18-9-5-4-8-16(18)21)23-20(25)19-15-7-3-2-6-14(15)10-11-26-19/h2-9,12,19H,10-11H2,1H3,(H,23,25)/t19-/m0/s1. The molecule has 1 aromatic heterocycles. The zero-order valence-corrected chi connectivity index (χ0v) is 15.1. The van der Waals surface area contributed by atoms with E-state index < -0.39 is 0 Å². The van der Waals surface area contributed by atoms with E-state index in [1.807, 2.05) is 25.1 Å². The lowest BCUT2D eigenvalue weighted by molar-refractivity contribution is -0.115. The van der Waals surface area contributed by atoms with Crippen LogP contribution in [-0.4, -0.2) is 21.4 Å². The summed E-state index contributed by atoms with van der Waals surface area (Å²) >= 11 is 1.65. The van der Waals surface area contributed by atoms with Crippen molar-refractivity contribution in [1.29, 1.82) is 0 Å². The SMILES string of the molecule is Cc1c(NC(=O)[C@H]2SCCc3ccccc32)cnn1-c1ccccc1F. The molecule has 0 bridgehead atoms. The van der Waals surface area contributed by atoms with E-state index in [0.29, 0.717) is 17.1 Å². The second-order valence-corrected chi connectivity index (χ2v) is 7.41. The minimum absolute atomic E-state index is 0.0710. The molecule has 1 atom stereocenters. The Kier molecular flexibility index (Phi) is 4.51. The summed E-state index contributed by atoms with van der Waals surface area (Å²) < 4.78 is 15.5. The summed E-state index contributed by atoms with van der Waals surface area (Å²) in [6.45, 7) is 1.82. The molecule has 2 heterocycles. The number of aryl methyl sites for hydroxylation is 1. The van der Waals surface area contributed by atoms with E-state index in [9.17, 15) is 9.18 Å². The van der Waals surface area contributed by atoms with Crippen molar-refractivity contribution in [1.82, 2.24) is 9.78 Å². The summed E-state index contributed by atoms with van der Waals surface area (Å²) in [6, 6.07) is 14.5. The minimum Gasteiger partial charge on any atom is -0.322 e. The molecule has 1 aliphatic rings. The van der Waals surface area contributed by atoms with Crippen LogP contribution >= 0.6 is 11.8 Å². The maximum absolute atomic E-state index is 14.0. The van der Waals surface area contributed by atoms with Crippen molar-refractivity contribution < 1.29 is 9.18 Å². The fourth-order valence-corrected chi connectivity index (χ4v) is 4.40. The first kappa shape index (κ1) is 16.8. The molecular weight excluding hydrogens is 349 g/mol. The van der Waals surface area contributed by atoms with E-state index in [1.54, 1.807) is 36.2 Å². The van der Waals surface area contributed by atoms with Crippen molar-refractivity contribution >= 4 is 23.4 Å². The zero-order chi connectivity index (χ0) is 18.1. The normalized spacial score (nSPS) is 16.2. The third kappa shape index (κ3) is 3.01. The molecule has 6 heteroatoms. The molecule has 0 saturated heterocycles. The van der Waals surface area contributed by atoms with Crippen LogP contribution in [0.1, 0.15) is 22.1 Å². The number of thioether (sulfide) groups is 1. The Hall–Kier alpha value is -2.60. The maximum atomic E-state index is 14.0. The Morgan fingerprint density at radius 3 is 2.85 bits per heavy atom. The summed E-state index contributed by atoms with van der Waals surface area (Å²) in [5, 5.41) is 6.97. The van der Waals surface area contributed by atoms with Gasteiger partial charge in [0, 0.05) is 0 Å². The summed E-state index contributed by atoms with van der Waals surface area (Å²) in [5.74, 6) is 0.495. The molecule has 26 heavy (non-hydrogen) atoms. The van der Waals surface area contributed by atoms with Crippen LogP contribution in [-0.2, 0) is 11.2 Å². The van der Waals surface area contributed by atoms with Gasteiger partial charge in [0.1, 0.15) is 16.8 Å². The summed E-state index contributed by atoms with van der Waals surface area (Å²) in [7, 11) is 0. The molecule has 1 N–H and O–H groups in total. The monoisotopic (exact) mass is 367 g/mol. The Morgan fingerprint density at radius 2 is 2.00 bits per heavy atom. The third-order valence-electron chi connectivity index (χ3n) is 4.58. The van der Waals surface area contributed by atoms with Gasteiger partial charge in [0.05, 0.1) is 17.6 Å². The van der Waals surface area contributed by atoms with Crippen molar-refractivity contribution in [2.75, 3.05) is 11.1 Å². The largest absolute Gasteiger partial charge is 0.322 e. The van der Waals surface area contributed by atoms with Crippen LogP contribution in [0.3, 0.4) is 0 Å². The Bertz CT molecular complexity index is 969. The number of benzene rings is 2. The number of rotatable bonds is 3. The number of carbonyl (C=O) groups excluding carboxylic acids is 1. The lowest BCUT2D eigenvalue weighted by Gasteiger charge is -2.24. The lowest BCUT2D eigenvalue weighted by Crippen LogP contribution is -2.23. The third-order valence-corrected chi connectivity index (χ3v) is 5.82. The van der Waals surface area contributed by atoms with Gasteiger partial charge in [-0.25, -0.2) is 9.07 Å². The van der Waals surface area contributed by atoms with Crippen LogP contribution in [0.2, 0.25) is 0 Å². The first-order chi connectivity index (χ1) is 12.6. The number of nitrogens with zero attached hydrogens (tertiary/aromatic N) is 2. The van der Waals surface area contributed by atoms with E-state index >= 15 is 0 Å². The quantitative estimate of drug-likeness (QED) is 0.751. The molecule has 0 fully saturated rings. The van der Waals surface area contributed by atoms with Gasteiger partial charge < -0.3 is 5.32 Å². The van der Waals surface area contributed by atoms with Gasteiger partial charge in [-0.1, -0.05) is 36.4 Å². The number of aromatic nitrogens is 2. The van der Waals surface area contributed by atoms with Crippen molar-refractivity contribution in [3.8, 4) is 5.69 Å². The Labute approximate surface area is 155 Å². The van der Waals surface area contributed by atoms with E-state index in [4.69, 9.17) is 0 Å². The van der Waals surface area contributed by atoms with Crippen LogP contribution in [0.15, 0.2) is 54.7 Å². The molecule has 4 rings (SSSR count). The Balaban J connectivity index is 1.59. The molecule has 3 aromatic rings. The smallest absolute Gasteiger partial charge is 0.242 e. The van der Waals surface area contributed by atoms with E-state index in [0.717, 1.165) is 17.7 Å². The van der Waals surface area contributed by atoms with Crippen LogP contribution in [0, 0.1) is 12.7 Å². The van der Waals surface area contributed by atoms with Gasteiger partial charge in [-0.15, -0.1) is 11.8 Å². The minimum atomic E-state index is -0.353. The van der Waals surface area contributed by atoms with Crippen LogP contribution in [0.4, 0.5) is 10.1 Å². The average molecular weight is 367 g/mol. The van der Waals surface area contributed by atoms with Crippen molar-refractivity contribution in [3.05, 3.63) is 77.4 Å². The number of nitrogens with one attached hydrogen (secondary N) is 1. The molecule has 1 aliphatic heterocycles. The first-order valence-corrected chi connectivity index (χ1v) is 9.50. The van der Waals surface area contributed by atoms with Gasteiger partial charge in [-0.2, -0.15) is 5.10 Å². The molecule has 0 radical (unpaired) electrons. The van der Waals surface area contributed by atoms with Crippen LogP contribution in [0.25, 0.3) is 5.69 Å². The fourth-order valence-electron chi connectivity index (χ4n) is 3.21. The highest BCUT2D eigenvalue weighted by atomic mass is 32.2.